The lowest BCUT2D eigenvalue weighted by atomic mass is 10.2. The van der Waals surface area contributed by atoms with Crippen LogP contribution in [0.1, 0.15) is 17.5 Å². The van der Waals surface area contributed by atoms with Crippen molar-refractivity contribution in [3.05, 3.63) is 58.6 Å². The lowest BCUT2D eigenvalue weighted by molar-refractivity contribution is -0.127. The van der Waals surface area contributed by atoms with Crippen LogP contribution in [0.3, 0.4) is 0 Å². The first-order chi connectivity index (χ1) is 12.8. The molecule has 0 aliphatic carbocycles. The fourth-order valence-corrected chi connectivity index (χ4v) is 3.97. The summed E-state index contributed by atoms with van der Waals surface area (Å²) >= 11 is 7.40. The summed E-state index contributed by atoms with van der Waals surface area (Å²) in [6.07, 6.45) is 0.0755. The molecule has 2 aromatic carbocycles. The summed E-state index contributed by atoms with van der Waals surface area (Å²) in [7, 11) is 1.68. The van der Waals surface area contributed by atoms with Crippen molar-refractivity contribution in [1.82, 2.24) is 4.90 Å². The number of amidine groups is 1. The molecule has 3 rings (SSSR count). The van der Waals surface area contributed by atoms with Crippen molar-refractivity contribution >= 4 is 51.7 Å². The number of carbonyl (C=O) groups excluding carboxylic acids is 2. The summed E-state index contributed by atoms with van der Waals surface area (Å²) in [5.41, 5.74) is 3.41. The second-order valence-corrected chi connectivity index (χ2v) is 7.98. The summed E-state index contributed by atoms with van der Waals surface area (Å²) in [6.45, 7) is 3.87. The van der Waals surface area contributed by atoms with Crippen molar-refractivity contribution in [2.24, 2.45) is 4.99 Å². The van der Waals surface area contributed by atoms with Crippen LogP contribution in [0.15, 0.2) is 47.5 Å². The molecule has 1 atom stereocenters. The first-order valence-corrected chi connectivity index (χ1v) is 9.75. The van der Waals surface area contributed by atoms with E-state index in [4.69, 9.17) is 11.6 Å². The molecule has 0 radical (unpaired) electrons. The zero-order valence-electron chi connectivity index (χ0n) is 15.3. The Kier molecular flexibility index (Phi) is 5.87. The van der Waals surface area contributed by atoms with Gasteiger partial charge < -0.3 is 5.32 Å². The maximum absolute atomic E-state index is 12.5. The van der Waals surface area contributed by atoms with Gasteiger partial charge in [-0.3, -0.25) is 14.5 Å². The minimum absolute atomic E-state index is 0.0755. The molecule has 0 bridgehead atoms. The standard InChI is InChI=1S/C20H20ClN3O2S/c1-12-8-9-14(10-15(12)21)22-18(25)11-17-19(26)24(3)20(27-17)23-16-7-5-4-6-13(16)2/h4-10,17H,11H2,1-3H3,(H,22,25)/t17-/m0/s1. The Balaban J connectivity index is 1.68. The van der Waals surface area contributed by atoms with E-state index in [1.54, 1.807) is 19.2 Å². The highest BCUT2D eigenvalue weighted by Crippen LogP contribution is 2.31. The van der Waals surface area contributed by atoms with E-state index in [-0.39, 0.29) is 18.2 Å². The Hall–Kier alpha value is -2.31. The van der Waals surface area contributed by atoms with E-state index in [9.17, 15) is 9.59 Å². The lowest BCUT2D eigenvalue weighted by Gasteiger charge is -2.10. The highest BCUT2D eigenvalue weighted by Gasteiger charge is 2.37. The quantitative estimate of drug-likeness (QED) is 0.817. The van der Waals surface area contributed by atoms with Crippen LogP contribution < -0.4 is 5.32 Å². The highest BCUT2D eigenvalue weighted by atomic mass is 35.5. The van der Waals surface area contributed by atoms with Crippen molar-refractivity contribution < 1.29 is 9.59 Å². The van der Waals surface area contributed by atoms with E-state index in [0.29, 0.717) is 15.9 Å². The molecule has 7 heteroatoms. The molecule has 0 unspecified atom stereocenters. The summed E-state index contributed by atoms with van der Waals surface area (Å²) < 4.78 is 0. The topological polar surface area (TPSA) is 61.8 Å². The predicted octanol–water partition coefficient (Wildman–Crippen LogP) is 4.55. The highest BCUT2D eigenvalue weighted by molar-refractivity contribution is 8.15. The number of benzene rings is 2. The summed E-state index contributed by atoms with van der Waals surface area (Å²) in [4.78, 5) is 31.0. The van der Waals surface area contributed by atoms with Gasteiger partial charge in [0.2, 0.25) is 11.8 Å². The molecule has 27 heavy (non-hydrogen) atoms. The van der Waals surface area contributed by atoms with Crippen molar-refractivity contribution in [3.8, 4) is 0 Å². The molecule has 0 aromatic heterocycles. The van der Waals surface area contributed by atoms with Gasteiger partial charge in [-0.25, -0.2) is 4.99 Å². The Morgan fingerprint density at radius 1 is 1.22 bits per heavy atom. The third-order valence-electron chi connectivity index (χ3n) is 4.30. The minimum Gasteiger partial charge on any atom is -0.326 e. The largest absolute Gasteiger partial charge is 0.326 e. The number of carbonyl (C=O) groups is 2. The first-order valence-electron chi connectivity index (χ1n) is 8.49. The van der Waals surface area contributed by atoms with Gasteiger partial charge in [-0.1, -0.05) is 47.6 Å². The van der Waals surface area contributed by atoms with Crippen LogP contribution >= 0.6 is 23.4 Å². The molecule has 0 spiro atoms. The number of amides is 2. The minimum atomic E-state index is -0.487. The number of nitrogens with one attached hydrogen (secondary N) is 1. The summed E-state index contributed by atoms with van der Waals surface area (Å²) in [6, 6.07) is 13.1. The van der Waals surface area contributed by atoms with Gasteiger partial charge in [-0.15, -0.1) is 0 Å². The zero-order chi connectivity index (χ0) is 19.6. The Labute approximate surface area is 167 Å². The molecular weight excluding hydrogens is 382 g/mol. The van der Waals surface area contributed by atoms with Crippen LogP contribution in [0.2, 0.25) is 5.02 Å². The predicted molar refractivity (Wildman–Crippen MR) is 112 cm³/mol. The van der Waals surface area contributed by atoms with Gasteiger partial charge in [-0.2, -0.15) is 0 Å². The van der Waals surface area contributed by atoms with Crippen LogP contribution in [-0.2, 0) is 9.59 Å². The molecule has 5 nitrogen and oxygen atoms in total. The fourth-order valence-electron chi connectivity index (χ4n) is 2.64. The van der Waals surface area contributed by atoms with Crippen molar-refractivity contribution in [1.29, 1.82) is 0 Å². The number of halogens is 1. The molecule has 1 aliphatic heterocycles. The number of aryl methyl sites for hydroxylation is 2. The van der Waals surface area contributed by atoms with E-state index in [1.807, 2.05) is 44.2 Å². The number of anilines is 1. The summed E-state index contributed by atoms with van der Waals surface area (Å²) in [5.74, 6) is -0.351. The summed E-state index contributed by atoms with van der Waals surface area (Å²) in [5, 5.41) is 3.50. The van der Waals surface area contributed by atoms with E-state index < -0.39 is 5.25 Å². The van der Waals surface area contributed by atoms with Gasteiger partial charge in [0.15, 0.2) is 5.17 Å². The molecule has 1 fully saturated rings. The van der Waals surface area contributed by atoms with E-state index in [2.05, 4.69) is 10.3 Å². The molecule has 2 amide bonds. The molecule has 1 aliphatic rings. The normalized spacial score (nSPS) is 18.2. The lowest BCUT2D eigenvalue weighted by Crippen LogP contribution is -2.30. The number of rotatable bonds is 4. The van der Waals surface area contributed by atoms with Crippen LogP contribution in [-0.4, -0.2) is 34.2 Å². The smallest absolute Gasteiger partial charge is 0.242 e. The van der Waals surface area contributed by atoms with Gasteiger partial charge in [0.05, 0.1) is 5.69 Å². The molecular formula is C20H20ClN3O2S. The van der Waals surface area contributed by atoms with Crippen LogP contribution in [0.5, 0.6) is 0 Å². The van der Waals surface area contributed by atoms with Gasteiger partial charge in [-0.05, 0) is 43.2 Å². The van der Waals surface area contributed by atoms with Gasteiger partial charge >= 0.3 is 0 Å². The average Bonchev–Trinajstić information content (AvgIpc) is 2.88. The number of thioether (sulfide) groups is 1. The molecule has 1 heterocycles. The number of nitrogens with zero attached hydrogens (tertiary/aromatic N) is 2. The van der Waals surface area contributed by atoms with Crippen LogP contribution in [0.25, 0.3) is 0 Å². The number of hydrogen-bond donors (Lipinski definition) is 1. The molecule has 2 aromatic rings. The molecule has 0 saturated carbocycles. The fraction of sp³-hybridized carbons (Fsp3) is 0.250. The first kappa shape index (κ1) is 19.5. The zero-order valence-corrected chi connectivity index (χ0v) is 16.9. The van der Waals surface area contributed by atoms with Gasteiger partial charge in [0, 0.05) is 24.2 Å². The van der Waals surface area contributed by atoms with Crippen LogP contribution in [0, 0.1) is 13.8 Å². The van der Waals surface area contributed by atoms with E-state index >= 15 is 0 Å². The van der Waals surface area contributed by atoms with Crippen molar-refractivity contribution in [3.63, 3.8) is 0 Å². The van der Waals surface area contributed by atoms with E-state index in [1.165, 1.54) is 16.7 Å². The number of aliphatic imine (C=N–C) groups is 1. The molecule has 1 N–H and O–H groups in total. The van der Waals surface area contributed by atoms with Gasteiger partial charge in [0.1, 0.15) is 5.25 Å². The van der Waals surface area contributed by atoms with E-state index in [0.717, 1.165) is 16.8 Å². The Morgan fingerprint density at radius 3 is 2.67 bits per heavy atom. The van der Waals surface area contributed by atoms with Crippen LogP contribution in [0.4, 0.5) is 11.4 Å². The van der Waals surface area contributed by atoms with Crippen molar-refractivity contribution in [2.45, 2.75) is 25.5 Å². The third-order valence-corrected chi connectivity index (χ3v) is 5.93. The maximum Gasteiger partial charge on any atom is 0.242 e. The second-order valence-electron chi connectivity index (χ2n) is 6.40. The molecule has 1 saturated heterocycles. The maximum atomic E-state index is 12.5. The average molecular weight is 402 g/mol. The number of hydrogen-bond acceptors (Lipinski definition) is 4. The third kappa shape index (κ3) is 4.51. The second kappa shape index (κ2) is 8.15. The monoisotopic (exact) mass is 401 g/mol. The number of para-hydroxylation sites is 1. The SMILES string of the molecule is Cc1ccc(NC(=O)C[C@@H]2SC(=Nc3ccccc3C)N(C)C2=O)cc1Cl. The van der Waals surface area contributed by atoms with Gasteiger partial charge in [0.25, 0.3) is 0 Å². The van der Waals surface area contributed by atoms with Crippen molar-refractivity contribution in [2.75, 3.05) is 12.4 Å². The molecule has 140 valence electrons. The Morgan fingerprint density at radius 2 is 1.96 bits per heavy atom. The Bertz CT molecular complexity index is 929.